The molecule has 3 aromatic rings. The standard InChI is InChI=1S/C24H22Cl2F2N2/c1-16-5-7-17(8-6-16)24-15-29(14-19-21(27)3-2-4-22(19)28)11-12-30(24)23-10-9-18(25)13-20(23)26/h2-10,13,24H,11-12,14-15H2,1H3. The molecule has 3 aromatic carbocycles. The second-order valence-electron chi connectivity index (χ2n) is 7.65. The minimum Gasteiger partial charge on any atom is -0.361 e. The number of anilines is 1. The molecule has 1 unspecified atom stereocenters. The number of aryl methyl sites for hydroxylation is 1. The summed E-state index contributed by atoms with van der Waals surface area (Å²) < 4.78 is 28.4. The third kappa shape index (κ3) is 4.46. The zero-order valence-electron chi connectivity index (χ0n) is 16.6. The van der Waals surface area contributed by atoms with Gasteiger partial charge in [-0.1, -0.05) is 59.1 Å². The minimum absolute atomic E-state index is 0.00661. The molecule has 1 saturated heterocycles. The minimum atomic E-state index is -0.509. The first-order chi connectivity index (χ1) is 14.4. The van der Waals surface area contributed by atoms with Crippen molar-refractivity contribution in [3.8, 4) is 0 Å². The van der Waals surface area contributed by atoms with Crippen LogP contribution in [0.2, 0.25) is 10.0 Å². The summed E-state index contributed by atoms with van der Waals surface area (Å²) in [5, 5.41) is 1.18. The van der Waals surface area contributed by atoms with Crippen LogP contribution in [-0.4, -0.2) is 24.5 Å². The van der Waals surface area contributed by atoms with Gasteiger partial charge >= 0.3 is 0 Å². The molecule has 0 bridgehead atoms. The van der Waals surface area contributed by atoms with Gasteiger partial charge in [0, 0.05) is 36.8 Å². The molecule has 4 rings (SSSR count). The third-order valence-electron chi connectivity index (χ3n) is 5.59. The van der Waals surface area contributed by atoms with E-state index in [4.69, 9.17) is 23.2 Å². The molecule has 0 saturated carbocycles. The van der Waals surface area contributed by atoms with Gasteiger partial charge in [0.25, 0.3) is 0 Å². The van der Waals surface area contributed by atoms with E-state index in [1.54, 1.807) is 6.07 Å². The Kier molecular flexibility index (Phi) is 6.28. The first-order valence-electron chi connectivity index (χ1n) is 9.86. The largest absolute Gasteiger partial charge is 0.361 e. The predicted molar refractivity (Wildman–Crippen MR) is 119 cm³/mol. The molecule has 0 N–H and O–H groups in total. The van der Waals surface area contributed by atoms with Crippen LogP contribution < -0.4 is 4.90 Å². The molecule has 0 aromatic heterocycles. The van der Waals surface area contributed by atoms with Crippen LogP contribution in [0.15, 0.2) is 60.7 Å². The van der Waals surface area contributed by atoms with Crippen molar-refractivity contribution < 1.29 is 8.78 Å². The zero-order chi connectivity index (χ0) is 21.3. The lowest BCUT2D eigenvalue weighted by atomic mass is 9.99. The summed E-state index contributed by atoms with van der Waals surface area (Å²) >= 11 is 12.6. The van der Waals surface area contributed by atoms with Crippen LogP contribution in [-0.2, 0) is 6.54 Å². The Morgan fingerprint density at radius 1 is 0.933 bits per heavy atom. The van der Waals surface area contributed by atoms with Crippen molar-refractivity contribution in [2.24, 2.45) is 0 Å². The van der Waals surface area contributed by atoms with Crippen LogP contribution in [0, 0.1) is 18.6 Å². The van der Waals surface area contributed by atoms with Crippen LogP contribution >= 0.6 is 23.2 Å². The molecule has 156 valence electrons. The van der Waals surface area contributed by atoms with E-state index in [1.165, 1.54) is 23.8 Å². The Morgan fingerprint density at radius 2 is 1.63 bits per heavy atom. The van der Waals surface area contributed by atoms with Gasteiger partial charge in [-0.2, -0.15) is 0 Å². The maximum absolute atomic E-state index is 14.2. The molecule has 0 spiro atoms. The smallest absolute Gasteiger partial charge is 0.130 e. The Morgan fingerprint density at radius 3 is 2.30 bits per heavy atom. The van der Waals surface area contributed by atoms with Gasteiger partial charge in [-0.3, -0.25) is 4.90 Å². The molecular formula is C24H22Cl2F2N2. The van der Waals surface area contributed by atoms with Gasteiger partial charge in [0.15, 0.2) is 0 Å². The Labute approximate surface area is 185 Å². The number of hydrogen-bond donors (Lipinski definition) is 0. The number of nitrogens with zero attached hydrogens (tertiary/aromatic N) is 2. The fraction of sp³-hybridized carbons (Fsp3) is 0.250. The summed E-state index contributed by atoms with van der Waals surface area (Å²) in [6.07, 6.45) is 0. The summed E-state index contributed by atoms with van der Waals surface area (Å²) in [6, 6.07) is 17.9. The van der Waals surface area contributed by atoms with E-state index in [0.717, 1.165) is 11.3 Å². The number of hydrogen-bond acceptors (Lipinski definition) is 2. The Bertz CT molecular complexity index is 1020. The maximum atomic E-state index is 14.2. The SMILES string of the molecule is Cc1ccc(C2CN(Cc3c(F)cccc3F)CCN2c2ccc(Cl)cc2Cl)cc1. The lowest BCUT2D eigenvalue weighted by Crippen LogP contribution is -2.48. The topological polar surface area (TPSA) is 6.48 Å². The third-order valence-corrected chi connectivity index (χ3v) is 6.13. The van der Waals surface area contributed by atoms with Crippen LogP contribution in [0.5, 0.6) is 0 Å². The van der Waals surface area contributed by atoms with Crippen molar-refractivity contribution in [2.75, 3.05) is 24.5 Å². The molecule has 1 heterocycles. The van der Waals surface area contributed by atoms with Gasteiger partial charge in [0.2, 0.25) is 0 Å². The summed E-state index contributed by atoms with van der Waals surface area (Å²) in [5.41, 5.74) is 3.32. The van der Waals surface area contributed by atoms with Gasteiger partial charge in [0.05, 0.1) is 16.8 Å². The molecule has 1 atom stereocenters. The highest BCUT2D eigenvalue weighted by molar-refractivity contribution is 6.36. The molecule has 2 nitrogen and oxygen atoms in total. The fourth-order valence-corrected chi connectivity index (χ4v) is 4.48. The molecule has 0 aliphatic carbocycles. The van der Waals surface area contributed by atoms with E-state index in [-0.39, 0.29) is 18.2 Å². The summed E-state index contributed by atoms with van der Waals surface area (Å²) in [6.45, 7) is 4.23. The molecule has 30 heavy (non-hydrogen) atoms. The lowest BCUT2D eigenvalue weighted by molar-refractivity contribution is 0.210. The molecule has 6 heteroatoms. The maximum Gasteiger partial charge on any atom is 0.130 e. The second-order valence-corrected chi connectivity index (χ2v) is 8.49. The highest BCUT2D eigenvalue weighted by atomic mass is 35.5. The lowest BCUT2D eigenvalue weighted by Gasteiger charge is -2.43. The van der Waals surface area contributed by atoms with E-state index < -0.39 is 11.6 Å². The van der Waals surface area contributed by atoms with E-state index in [9.17, 15) is 8.78 Å². The summed E-state index contributed by atoms with van der Waals surface area (Å²) in [5.74, 6) is -1.02. The molecule has 1 aliphatic rings. The molecule has 1 aliphatic heterocycles. The average molecular weight is 447 g/mol. The summed E-state index contributed by atoms with van der Waals surface area (Å²) in [7, 11) is 0. The number of benzene rings is 3. The average Bonchev–Trinajstić information content (AvgIpc) is 2.72. The van der Waals surface area contributed by atoms with Crippen molar-refractivity contribution in [3.63, 3.8) is 0 Å². The van der Waals surface area contributed by atoms with Gasteiger partial charge in [0.1, 0.15) is 11.6 Å². The quantitative estimate of drug-likeness (QED) is 0.442. The highest BCUT2D eigenvalue weighted by Crippen LogP contribution is 2.37. The van der Waals surface area contributed by atoms with Crippen LogP contribution in [0.4, 0.5) is 14.5 Å². The molecule has 0 radical (unpaired) electrons. The number of piperazine rings is 1. The Balaban J connectivity index is 1.65. The molecule has 0 amide bonds. The van der Waals surface area contributed by atoms with Crippen molar-refractivity contribution >= 4 is 28.9 Å². The van der Waals surface area contributed by atoms with Crippen molar-refractivity contribution in [3.05, 3.63) is 99.0 Å². The van der Waals surface area contributed by atoms with Crippen molar-refractivity contribution in [1.82, 2.24) is 4.90 Å². The first-order valence-corrected chi connectivity index (χ1v) is 10.6. The van der Waals surface area contributed by atoms with Crippen LogP contribution in [0.3, 0.4) is 0 Å². The molecular weight excluding hydrogens is 425 g/mol. The monoisotopic (exact) mass is 446 g/mol. The number of rotatable bonds is 4. The van der Waals surface area contributed by atoms with Crippen molar-refractivity contribution in [2.45, 2.75) is 19.5 Å². The van der Waals surface area contributed by atoms with Gasteiger partial charge in [-0.05, 0) is 42.8 Å². The van der Waals surface area contributed by atoms with Gasteiger partial charge in [-0.25, -0.2) is 8.78 Å². The van der Waals surface area contributed by atoms with Crippen LogP contribution in [0.25, 0.3) is 0 Å². The fourth-order valence-electron chi connectivity index (χ4n) is 3.97. The second kappa shape index (κ2) is 8.93. The van der Waals surface area contributed by atoms with Crippen LogP contribution in [0.1, 0.15) is 22.7 Å². The summed E-state index contributed by atoms with van der Waals surface area (Å²) in [4.78, 5) is 4.34. The van der Waals surface area contributed by atoms with Gasteiger partial charge in [-0.15, -0.1) is 0 Å². The van der Waals surface area contributed by atoms with E-state index >= 15 is 0 Å². The van der Waals surface area contributed by atoms with E-state index in [2.05, 4.69) is 34.1 Å². The van der Waals surface area contributed by atoms with Gasteiger partial charge < -0.3 is 4.90 Å². The Hall–Kier alpha value is -2.14. The predicted octanol–water partition coefficient (Wildman–Crippen LogP) is 6.64. The van der Waals surface area contributed by atoms with Crippen molar-refractivity contribution in [1.29, 1.82) is 0 Å². The van der Waals surface area contributed by atoms with E-state index in [0.29, 0.717) is 29.7 Å². The number of halogens is 4. The zero-order valence-corrected chi connectivity index (χ0v) is 18.1. The molecule has 1 fully saturated rings. The highest BCUT2D eigenvalue weighted by Gasteiger charge is 2.30. The normalized spacial score (nSPS) is 17.4. The first kappa shape index (κ1) is 21.1. The van der Waals surface area contributed by atoms with E-state index in [1.807, 2.05) is 19.1 Å².